The van der Waals surface area contributed by atoms with Gasteiger partial charge in [0.15, 0.2) is 8.32 Å². The van der Waals surface area contributed by atoms with E-state index in [1.807, 2.05) is 0 Å². The second kappa shape index (κ2) is 6.53. The number of rotatable bonds is 6. The number of allylic oxidation sites excluding steroid dienone is 1. The monoisotopic (exact) mass is 286 g/mol. The number of hydrogen-bond donors (Lipinski definition) is 0. The van der Waals surface area contributed by atoms with Crippen LogP contribution in [0.3, 0.4) is 0 Å². The normalized spacial score (nSPS) is 16.3. The molecule has 0 N–H and O–H groups in total. The summed E-state index contributed by atoms with van der Waals surface area (Å²) in [5.41, 5.74) is 2.44. The van der Waals surface area contributed by atoms with Crippen molar-refractivity contribution in [2.75, 3.05) is 6.61 Å². The molecule has 0 heterocycles. The van der Waals surface area contributed by atoms with E-state index >= 15 is 0 Å². The largest absolute Gasteiger partial charge is 0.417 e. The minimum atomic E-state index is -1.56. The van der Waals surface area contributed by atoms with E-state index in [0.29, 0.717) is 11.0 Å². The molecule has 0 spiro atoms. The maximum Gasteiger partial charge on any atom is 0.191 e. The molecule has 0 radical (unpaired) electrons. The van der Waals surface area contributed by atoms with Crippen LogP contribution in [0.1, 0.15) is 34.1 Å². The Bertz CT molecular complexity index is 269. The fourth-order valence-corrected chi connectivity index (χ4v) is 3.27. The van der Waals surface area contributed by atoms with Crippen LogP contribution >= 0.6 is 0 Å². The van der Waals surface area contributed by atoms with Gasteiger partial charge in [-0.3, -0.25) is 0 Å². The van der Waals surface area contributed by atoms with E-state index in [1.165, 1.54) is 0 Å². The predicted octanol–water partition coefficient (Wildman–Crippen LogP) is 5.47. The minimum absolute atomic E-state index is 0.320. The second-order valence-corrected chi connectivity index (χ2v) is 18.1. The zero-order chi connectivity index (χ0) is 14.6. The number of hydrogen-bond acceptors (Lipinski definition) is 1. The van der Waals surface area contributed by atoms with Crippen molar-refractivity contribution in [1.29, 1.82) is 0 Å². The summed E-state index contributed by atoms with van der Waals surface area (Å²) in [5, 5.41) is 0.320. The van der Waals surface area contributed by atoms with Gasteiger partial charge in [-0.1, -0.05) is 59.1 Å². The van der Waals surface area contributed by atoms with Gasteiger partial charge >= 0.3 is 0 Å². The van der Waals surface area contributed by atoms with Crippen molar-refractivity contribution in [1.82, 2.24) is 0 Å². The van der Waals surface area contributed by atoms with Crippen molar-refractivity contribution in [3.05, 3.63) is 11.8 Å². The molecule has 0 amide bonds. The first-order valence-electron chi connectivity index (χ1n) is 7.17. The molecular weight excluding hydrogens is 252 g/mol. The predicted molar refractivity (Wildman–Crippen MR) is 89.4 cm³/mol. The van der Waals surface area contributed by atoms with Crippen molar-refractivity contribution >= 4 is 16.4 Å². The summed E-state index contributed by atoms with van der Waals surface area (Å²) in [6, 6.07) is 0. The van der Waals surface area contributed by atoms with E-state index in [0.717, 1.165) is 13.0 Å². The third kappa shape index (κ3) is 7.54. The van der Waals surface area contributed by atoms with Gasteiger partial charge in [-0.2, -0.15) is 0 Å². The molecule has 0 unspecified atom stereocenters. The Morgan fingerprint density at radius 1 is 1.06 bits per heavy atom. The van der Waals surface area contributed by atoms with Crippen LogP contribution in [0.4, 0.5) is 0 Å². The van der Waals surface area contributed by atoms with Crippen LogP contribution in [-0.4, -0.2) is 23.0 Å². The van der Waals surface area contributed by atoms with Crippen molar-refractivity contribution in [2.24, 2.45) is 5.92 Å². The van der Waals surface area contributed by atoms with Crippen molar-refractivity contribution in [3.8, 4) is 0 Å². The molecule has 1 atom stereocenters. The highest BCUT2D eigenvalue weighted by Gasteiger charge is 2.37. The molecule has 18 heavy (non-hydrogen) atoms. The summed E-state index contributed by atoms with van der Waals surface area (Å²) in [7, 11) is -2.59. The first kappa shape index (κ1) is 18.1. The van der Waals surface area contributed by atoms with E-state index in [-0.39, 0.29) is 0 Å². The average Bonchev–Trinajstić information content (AvgIpc) is 2.11. The quantitative estimate of drug-likeness (QED) is 0.588. The Balaban J connectivity index is 4.13. The highest BCUT2D eigenvalue weighted by molar-refractivity contribution is 6.80. The Morgan fingerprint density at radius 3 is 1.94 bits per heavy atom. The Hall–Kier alpha value is 0.134. The molecule has 0 aliphatic rings. The maximum absolute atomic E-state index is 6.25. The van der Waals surface area contributed by atoms with Gasteiger partial charge in [-0.15, -0.1) is 0 Å². The first-order chi connectivity index (χ1) is 7.85. The lowest BCUT2D eigenvalue weighted by molar-refractivity contribution is 0.238. The fraction of sp³-hybridized carbons (Fsp3) is 0.867. The van der Waals surface area contributed by atoms with Crippen LogP contribution in [0.5, 0.6) is 0 Å². The van der Waals surface area contributed by atoms with Gasteiger partial charge in [0.05, 0.1) is 8.07 Å². The molecular formula is C15H34OSi2. The van der Waals surface area contributed by atoms with Gasteiger partial charge in [-0.25, -0.2) is 0 Å². The molecule has 0 saturated heterocycles. The summed E-state index contributed by atoms with van der Waals surface area (Å²) in [6.07, 6.45) is 3.52. The first-order valence-corrected chi connectivity index (χ1v) is 13.7. The third-order valence-corrected chi connectivity index (χ3v) is 9.43. The molecule has 0 aromatic rings. The second-order valence-electron chi connectivity index (χ2n) is 8.18. The highest BCUT2D eigenvalue weighted by atomic mass is 28.4. The highest BCUT2D eigenvalue weighted by Crippen LogP contribution is 2.36. The van der Waals surface area contributed by atoms with Crippen molar-refractivity contribution < 1.29 is 4.43 Å². The van der Waals surface area contributed by atoms with E-state index in [2.05, 4.69) is 72.2 Å². The Morgan fingerprint density at radius 2 is 1.56 bits per heavy atom. The molecule has 108 valence electrons. The Kier molecular flexibility index (Phi) is 6.58. The Labute approximate surface area is 117 Å². The molecule has 0 saturated carbocycles. The zero-order valence-corrected chi connectivity index (χ0v) is 16.1. The molecule has 1 nitrogen and oxygen atoms in total. The third-order valence-electron chi connectivity index (χ3n) is 3.69. The van der Waals surface area contributed by atoms with Gasteiger partial charge in [0.2, 0.25) is 0 Å². The van der Waals surface area contributed by atoms with Gasteiger partial charge in [-0.05, 0) is 30.5 Å². The topological polar surface area (TPSA) is 9.23 Å². The van der Waals surface area contributed by atoms with Crippen molar-refractivity contribution in [2.45, 2.75) is 71.9 Å². The van der Waals surface area contributed by atoms with Gasteiger partial charge in [0.1, 0.15) is 0 Å². The molecule has 0 aliphatic heterocycles. The van der Waals surface area contributed by atoms with E-state index < -0.39 is 16.4 Å². The zero-order valence-electron chi connectivity index (χ0n) is 14.1. The average molecular weight is 287 g/mol. The van der Waals surface area contributed by atoms with Crippen LogP contribution in [0.2, 0.25) is 37.8 Å². The van der Waals surface area contributed by atoms with Crippen LogP contribution in [0.25, 0.3) is 0 Å². The lowest BCUT2D eigenvalue weighted by Crippen LogP contribution is -2.41. The minimum Gasteiger partial charge on any atom is -0.417 e. The fourth-order valence-electron chi connectivity index (χ4n) is 1.29. The van der Waals surface area contributed by atoms with Crippen LogP contribution < -0.4 is 0 Å². The van der Waals surface area contributed by atoms with Crippen LogP contribution in [-0.2, 0) is 4.43 Å². The van der Waals surface area contributed by atoms with Crippen LogP contribution in [0.15, 0.2) is 11.8 Å². The van der Waals surface area contributed by atoms with Gasteiger partial charge in [0.25, 0.3) is 0 Å². The molecule has 0 fully saturated rings. The SMILES string of the molecule is C[C@H](C/C=C/[Si](C)(C)C)CO[Si](C)(C)C(C)(C)C. The standard InChI is InChI=1S/C15H34OSi2/c1-14(11-10-12-17(5,6)7)13-16-18(8,9)15(2,3)4/h10,12,14H,11,13H2,1-9H3/b12-10+/t14-/m1/s1. The lowest BCUT2D eigenvalue weighted by atomic mass is 10.1. The summed E-state index contributed by atoms with van der Waals surface area (Å²) in [5.74, 6) is 0.631. The summed E-state index contributed by atoms with van der Waals surface area (Å²) >= 11 is 0. The van der Waals surface area contributed by atoms with E-state index in [4.69, 9.17) is 4.43 Å². The summed E-state index contributed by atoms with van der Waals surface area (Å²) < 4.78 is 6.25. The summed E-state index contributed by atoms with van der Waals surface area (Å²) in [4.78, 5) is 0. The molecule has 0 aliphatic carbocycles. The molecule has 3 heteroatoms. The molecule has 0 rings (SSSR count). The van der Waals surface area contributed by atoms with Gasteiger partial charge in [0, 0.05) is 6.61 Å². The van der Waals surface area contributed by atoms with Crippen LogP contribution in [0, 0.1) is 5.92 Å². The smallest absolute Gasteiger partial charge is 0.191 e. The van der Waals surface area contributed by atoms with Gasteiger partial charge < -0.3 is 4.43 Å². The maximum atomic E-state index is 6.25. The molecule has 0 bridgehead atoms. The van der Waals surface area contributed by atoms with Crippen molar-refractivity contribution in [3.63, 3.8) is 0 Å². The lowest BCUT2D eigenvalue weighted by Gasteiger charge is -2.37. The molecule has 0 aromatic heterocycles. The van der Waals surface area contributed by atoms with E-state index in [1.54, 1.807) is 0 Å². The molecule has 0 aromatic carbocycles. The van der Waals surface area contributed by atoms with E-state index in [9.17, 15) is 0 Å². The summed E-state index contributed by atoms with van der Waals surface area (Å²) in [6.45, 7) is 21.9.